The summed E-state index contributed by atoms with van der Waals surface area (Å²) in [7, 11) is 0. The van der Waals surface area contributed by atoms with Gasteiger partial charge in [-0.2, -0.15) is 11.3 Å². The Labute approximate surface area is 116 Å². The smallest absolute Gasteiger partial charge is 0.00147 e. The minimum Gasteiger partial charge on any atom is -0.316 e. The van der Waals surface area contributed by atoms with Crippen molar-refractivity contribution in [3.63, 3.8) is 0 Å². The first-order valence-electron chi connectivity index (χ1n) is 7.35. The lowest BCUT2D eigenvalue weighted by atomic mass is 9.65. The molecule has 1 aromatic rings. The largest absolute Gasteiger partial charge is 0.316 e. The molecule has 0 saturated heterocycles. The second-order valence-corrected chi connectivity index (χ2v) is 7.31. The van der Waals surface area contributed by atoms with Gasteiger partial charge in [0.15, 0.2) is 0 Å². The van der Waals surface area contributed by atoms with Crippen molar-refractivity contribution >= 4 is 11.3 Å². The maximum absolute atomic E-state index is 3.63. The minimum atomic E-state index is 0.522. The van der Waals surface area contributed by atoms with Crippen molar-refractivity contribution in [3.8, 4) is 0 Å². The van der Waals surface area contributed by atoms with Crippen LogP contribution in [-0.4, -0.2) is 13.1 Å². The van der Waals surface area contributed by atoms with Gasteiger partial charge in [-0.05, 0) is 78.4 Å². The molecule has 2 atom stereocenters. The normalized spacial score (nSPS) is 27.3. The highest BCUT2D eigenvalue weighted by atomic mass is 32.1. The van der Waals surface area contributed by atoms with E-state index in [-0.39, 0.29) is 0 Å². The number of rotatable bonds is 5. The molecule has 1 heterocycles. The van der Waals surface area contributed by atoms with E-state index in [0.29, 0.717) is 5.41 Å². The van der Waals surface area contributed by atoms with Crippen molar-refractivity contribution in [1.29, 1.82) is 0 Å². The van der Waals surface area contributed by atoms with Crippen LogP contribution in [0.2, 0.25) is 0 Å². The molecule has 1 aliphatic rings. The van der Waals surface area contributed by atoms with E-state index < -0.39 is 0 Å². The molecular weight excluding hydrogens is 238 g/mol. The van der Waals surface area contributed by atoms with Crippen LogP contribution in [0.3, 0.4) is 0 Å². The van der Waals surface area contributed by atoms with Gasteiger partial charge in [0.1, 0.15) is 0 Å². The van der Waals surface area contributed by atoms with Crippen LogP contribution in [0, 0.1) is 11.3 Å². The monoisotopic (exact) mass is 265 g/mol. The highest BCUT2D eigenvalue weighted by Crippen LogP contribution is 2.46. The molecule has 0 aromatic carbocycles. The van der Waals surface area contributed by atoms with Crippen LogP contribution in [0.1, 0.15) is 57.9 Å². The first kappa shape index (κ1) is 14.1. The van der Waals surface area contributed by atoms with Crippen molar-refractivity contribution in [2.24, 2.45) is 11.3 Å². The Kier molecular flexibility index (Phi) is 4.85. The van der Waals surface area contributed by atoms with Crippen LogP contribution in [0.25, 0.3) is 0 Å². The van der Waals surface area contributed by atoms with Gasteiger partial charge in [0.2, 0.25) is 0 Å². The Bertz CT molecular complexity index is 342. The third kappa shape index (κ3) is 3.58. The average Bonchev–Trinajstić information content (AvgIpc) is 2.84. The number of nitrogens with one attached hydrogen (secondary N) is 1. The van der Waals surface area contributed by atoms with Gasteiger partial charge in [-0.3, -0.25) is 0 Å². The zero-order chi connectivity index (χ0) is 13.0. The minimum absolute atomic E-state index is 0.522. The third-order valence-corrected chi connectivity index (χ3v) is 5.04. The third-order valence-electron chi connectivity index (χ3n) is 4.34. The molecule has 0 aliphatic heterocycles. The Hall–Kier alpha value is -0.340. The zero-order valence-corrected chi connectivity index (χ0v) is 12.9. The molecule has 2 heteroatoms. The summed E-state index contributed by atoms with van der Waals surface area (Å²) in [5, 5.41) is 8.22. The summed E-state index contributed by atoms with van der Waals surface area (Å²) in [6, 6.07) is 2.34. The summed E-state index contributed by atoms with van der Waals surface area (Å²) in [4.78, 5) is 0. The second kappa shape index (κ2) is 6.21. The first-order valence-corrected chi connectivity index (χ1v) is 8.29. The van der Waals surface area contributed by atoms with Crippen LogP contribution in [-0.2, 0) is 0 Å². The number of thiophene rings is 1. The van der Waals surface area contributed by atoms with Crippen LogP contribution < -0.4 is 5.32 Å². The first-order chi connectivity index (χ1) is 8.62. The highest BCUT2D eigenvalue weighted by molar-refractivity contribution is 7.07. The molecular formula is C16H27NS. The summed E-state index contributed by atoms with van der Waals surface area (Å²) in [6.45, 7) is 9.47. The number of hydrogen-bond donors (Lipinski definition) is 1. The standard InChI is InChI=1S/C16H27NS/c1-4-8-17-11-13-5-7-16(2,3)10-15(13)14-6-9-18-12-14/h6,9,12-13,15,17H,4-5,7-8,10-11H2,1-3H3. The molecule has 1 aromatic heterocycles. The van der Waals surface area contributed by atoms with Gasteiger partial charge >= 0.3 is 0 Å². The van der Waals surface area contributed by atoms with E-state index in [9.17, 15) is 0 Å². The maximum atomic E-state index is 3.63. The van der Waals surface area contributed by atoms with Crippen molar-refractivity contribution < 1.29 is 0 Å². The lowest BCUT2D eigenvalue weighted by molar-refractivity contribution is 0.160. The van der Waals surface area contributed by atoms with Crippen molar-refractivity contribution in [2.45, 2.75) is 52.4 Å². The summed E-state index contributed by atoms with van der Waals surface area (Å²) >= 11 is 1.84. The van der Waals surface area contributed by atoms with E-state index >= 15 is 0 Å². The summed E-state index contributed by atoms with van der Waals surface area (Å²) < 4.78 is 0. The molecule has 0 radical (unpaired) electrons. The SMILES string of the molecule is CCCNCC1CCC(C)(C)CC1c1ccsc1. The topological polar surface area (TPSA) is 12.0 Å². The van der Waals surface area contributed by atoms with E-state index in [1.165, 1.54) is 32.2 Å². The fourth-order valence-corrected chi connectivity index (χ4v) is 3.95. The molecule has 1 nitrogen and oxygen atoms in total. The van der Waals surface area contributed by atoms with Crippen LogP contribution >= 0.6 is 11.3 Å². The molecule has 2 rings (SSSR count). The van der Waals surface area contributed by atoms with Gasteiger partial charge in [-0.15, -0.1) is 0 Å². The predicted molar refractivity (Wildman–Crippen MR) is 81.3 cm³/mol. The van der Waals surface area contributed by atoms with Crippen molar-refractivity contribution in [1.82, 2.24) is 5.32 Å². The quantitative estimate of drug-likeness (QED) is 0.764. The fourth-order valence-electron chi connectivity index (χ4n) is 3.23. The molecule has 1 saturated carbocycles. The van der Waals surface area contributed by atoms with E-state index in [1.54, 1.807) is 5.56 Å². The number of hydrogen-bond acceptors (Lipinski definition) is 2. The average molecular weight is 265 g/mol. The maximum Gasteiger partial charge on any atom is -0.00147 e. The molecule has 102 valence electrons. The Morgan fingerprint density at radius 2 is 2.28 bits per heavy atom. The predicted octanol–water partition coefficient (Wildman–Crippen LogP) is 4.66. The molecule has 1 fully saturated rings. The molecule has 18 heavy (non-hydrogen) atoms. The van der Waals surface area contributed by atoms with Gasteiger partial charge in [-0.1, -0.05) is 20.8 Å². The van der Waals surface area contributed by atoms with E-state index in [2.05, 4.69) is 42.9 Å². The molecule has 1 N–H and O–H groups in total. The van der Waals surface area contributed by atoms with E-state index in [4.69, 9.17) is 0 Å². The Morgan fingerprint density at radius 1 is 1.44 bits per heavy atom. The Morgan fingerprint density at radius 3 is 2.94 bits per heavy atom. The van der Waals surface area contributed by atoms with Gasteiger partial charge < -0.3 is 5.32 Å². The molecule has 2 unspecified atom stereocenters. The molecule has 1 aliphatic carbocycles. The lowest BCUT2D eigenvalue weighted by Crippen LogP contribution is -2.34. The summed E-state index contributed by atoms with van der Waals surface area (Å²) in [6.07, 6.45) is 5.35. The molecule has 0 amide bonds. The van der Waals surface area contributed by atoms with E-state index in [0.717, 1.165) is 18.4 Å². The molecule has 0 bridgehead atoms. The summed E-state index contributed by atoms with van der Waals surface area (Å²) in [5.74, 6) is 1.60. The Balaban J connectivity index is 2.03. The van der Waals surface area contributed by atoms with Gasteiger partial charge in [0.05, 0.1) is 0 Å². The van der Waals surface area contributed by atoms with Crippen molar-refractivity contribution in [3.05, 3.63) is 22.4 Å². The van der Waals surface area contributed by atoms with Gasteiger partial charge in [-0.25, -0.2) is 0 Å². The summed E-state index contributed by atoms with van der Waals surface area (Å²) in [5.41, 5.74) is 2.10. The van der Waals surface area contributed by atoms with Crippen LogP contribution in [0.5, 0.6) is 0 Å². The second-order valence-electron chi connectivity index (χ2n) is 6.53. The zero-order valence-electron chi connectivity index (χ0n) is 12.0. The van der Waals surface area contributed by atoms with Crippen LogP contribution in [0.4, 0.5) is 0 Å². The van der Waals surface area contributed by atoms with Gasteiger partial charge in [0.25, 0.3) is 0 Å². The molecule has 0 spiro atoms. The highest BCUT2D eigenvalue weighted by Gasteiger charge is 2.35. The van der Waals surface area contributed by atoms with Gasteiger partial charge in [0, 0.05) is 0 Å². The van der Waals surface area contributed by atoms with Crippen LogP contribution in [0.15, 0.2) is 16.8 Å². The van der Waals surface area contributed by atoms with E-state index in [1.807, 2.05) is 11.3 Å². The van der Waals surface area contributed by atoms with Crippen molar-refractivity contribution in [2.75, 3.05) is 13.1 Å². The lowest BCUT2D eigenvalue weighted by Gasteiger charge is -2.41. The fraction of sp³-hybridized carbons (Fsp3) is 0.750.